The number of amides is 3. The van der Waals surface area contributed by atoms with Crippen LogP contribution >= 0.6 is 0 Å². The summed E-state index contributed by atoms with van der Waals surface area (Å²) in [4.78, 5) is 32.6. The van der Waals surface area contributed by atoms with Gasteiger partial charge >= 0.3 is 6.03 Å². The van der Waals surface area contributed by atoms with Gasteiger partial charge in [0.2, 0.25) is 11.9 Å². The highest BCUT2D eigenvalue weighted by molar-refractivity contribution is 5.96. The highest BCUT2D eigenvalue weighted by Crippen LogP contribution is 2.27. The molecular weight excluding hydrogens is 414 g/mol. The molecule has 1 aromatic heterocycles. The first kappa shape index (κ1) is 20.8. The molecule has 1 atom stereocenters. The van der Waals surface area contributed by atoms with Crippen LogP contribution < -0.4 is 15.5 Å². The fraction of sp³-hybridized carbons (Fsp3) is 0.192. The van der Waals surface area contributed by atoms with Crippen molar-refractivity contribution in [2.45, 2.75) is 25.6 Å². The molecule has 33 heavy (non-hydrogen) atoms. The Kier molecular flexibility index (Phi) is 5.76. The zero-order valence-corrected chi connectivity index (χ0v) is 18.1. The van der Waals surface area contributed by atoms with Crippen molar-refractivity contribution < 1.29 is 9.59 Å². The van der Waals surface area contributed by atoms with E-state index in [4.69, 9.17) is 0 Å². The van der Waals surface area contributed by atoms with Gasteiger partial charge in [-0.2, -0.15) is 0 Å². The van der Waals surface area contributed by atoms with Crippen molar-refractivity contribution in [1.29, 1.82) is 0 Å². The summed E-state index contributed by atoms with van der Waals surface area (Å²) in [5.41, 5.74) is 3.84. The van der Waals surface area contributed by atoms with Crippen molar-refractivity contribution >= 4 is 28.9 Å². The predicted molar refractivity (Wildman–Crippen MR) is 128 cm³/mol. The van der Waals surface area contributed by atoms with E-state index in [1.54, 1.807) is 4.90 Å². The second kappa shape index (κ2) is 9.16. The molecule has 1 aliphatic rings. The summed E-state index contributed by atoms with van der Waals surface area (Å²) in [6.45, 7) is 1.59. The predicted octanol–water partition coefficient (Wildman–Crippen LogP) is 3.49. The molecule has 1 unspecified atom stereocenters. The van der Waals surface area contributed by atoms with Crippen LogP contribution in [0.2, 0.25) is 0 Å². The van der Waals surface area contributed by atoms with Crippen LogP contribution in [-0.2, 0) is 24.3 Å². The largest absolute Gasteiger partial charge is 0.350 e. The minimum atomic E-state index is -0.706. The van der Waals surface area contributed by atoms with Gasteiger partial charge in [0.1, 0.15) is 6.04 Å². The van der Waals surface area contributed by atoms with Gasteiger partial charge in [0.15, 0.2) is 0 Å². The molecule has 0 bridgehead atoms. The standard InChI is InChI=1S/C26H25N5O2/c32-24(27-18-20-11-5-2-6-12-20)22(17-19-9-3-1-4-10-19)29-26(33)31-16-15-30-23-14-8-7-13-21(23)28-25(30)31/h1-14,22H,15-18H2,(H,27,32)(H,29,33). The van der Waals surface area contributed by atoms with Gasteiger partial charge in [0.05, 0.1) is 11.0 Å². The van der Waals surface area contributed by atoms with E-state index in [0.29, 0.717) is 32.0 Å². The minimum Gasteiger partial charge on any atom is -0.350 e. The monoisotopic (exact) mass is 439 g/mol. The Hall–Kier alpha value is -4.13. The first-order valence-corrected chi connectivity index (χ1v) is 11.1. The Bertz CT molecular complexity index is 1270. The summed E-state index contributed by atoms with van der Waals surface area (Å²) < 4.78 is 2.04. The van der Waals surface area contributed by atoms with E-state index in [9.17, 15) is 9.59 Å². The number of aromatic nitrogens is 2. The highest BCUT2D eigenvalue weighted by atomic mass is 16.2. The molecular formula is C26H25N5O2. The number of nitrogens with zero attached hydrogens (tertiary/aromatic N) is 3. The summed E-state index contributed by atoms with van der Waals surface area (Å²) in [6, 6.07) is 26.2. The smallest absolute Gasteiger partial charge is 0.324 e. The molecule has 0 radical (unpaired) electrons. The molecule has 7 nitrogen and oxygen atoms in total. The molecule has 0 aliphatic carbocycles. The SMILES string of the molecule is O=C(NCc1ccccc1)C(Cc1ccccc1)NC(=O)N1CCn2c1nc1ccccc12. The van der Waals surface area contributed by atoms with Crippen LogP contribution in [0.25, 0.3) is 11.0 Å². The Morgan fingerprint density at radius 1 is 0.848 bits per heavy atom. The van der Waals surface area contributed by atoms with Crippen molar-refractivity contribution in [2.24, 2.45) is 0 Å². The van der Waals surface area contributed by atoms with Crippen molar-refractivity contribution in [3.63, 3.8) is 0 Å². The van der Waals surface area contributed by atoms with E-state index in [-0.39, 0.29) is 11.9 Å². The Morgan fingerprint density at radius 2 is 1.52 bits per heavy atom. The Labute approximate surface area is 192 Å². The molecule has 7 heteroatoms. The van der Waals surface area contributed by atoms with Crippen LogP contribution in [0.5, 0.6) is 0 Å². The van der Waals surface area contributed by atoms with Crippen LogP contribution in [0.3, 0.4) is 0 Å². The van der Waals surface area contributed by atoms with E-state index in [2.05, 4.69) is 15.6 Å². The van der Waals surface area contributed by atoms with Crippen molar-refractivity contribution in [1.82, 2.24) is 20.2 Å². The first-order chi connectivity index (χ1) is 16.2. The molecule has 0 fully saturated rings. The molecule has 3 aromatic carbocycles. The lowest BCUT2D eigenvalue weighted by atomic mass is 10.1. The lowest BCUT2D eigenvalue weighted by Gasteiger charge is -2.22. The van der Waals surface area contributed by atoms with Crippen LogP contribution in [0.1, 0.15) is 11.1 Å². The number of hydrogen-bond acceptors (Lipinski definition) is 3. The fourth-order valence-corrected chi connectivity index (χ4v) is 4.18. The molecule has 2 heterocycles. The molecule has 0 saturated carbocycles. The average molecular weight is 440 g/mol. The van der Waals surface area contributed by atoms with E-state index in [0.717, 1.165) is 22.2 Å². The molecule has 4 aromatic rings. The van der Waals surface area contributed by atoms with Gasteiger partial charge < -0.3 is 15.2 Å². The minimum absolute atomic E-state index is 0.219. The first-order valence-electron chi connectivity index (χ1n) is 11.1. The maximum atomic E-state index is 13.2. The average Bonchev–Trinajstić information content (AvgIpc) is 3.43. The maximum Gasteiger partial charge on any atom is 0.324 e. The normalized spacial score (nSPS) is 13.5. The number of benzene rings is 3. The zero-order chi connectivity index (χ0) is 22.6. The summed E-state index contributed by atoms with van der Waals surface area (Å²) in [5, 5.41) is 5.91. The molecule has 3 amide bonds. The van der Waals surface area contributed by atoms with Crippen molar-refractivity contribution in [2.75, 3.05) is 11.4 Å². The number of carbonyl (C=O) groups is 2. The van der Waals surface area contributed by atoms with E-state index in [1.165, 1.54) is 0 Å². The molecule has 5 rings (SSSR count). The zero-order valence-electron chi connectivity index (χ0n) is 18.1. The Balaban J connectivity index is 1.33. The van der Waals surface area contributed by atoms with Crippen LogP contribution in [0.4, 0.5) is 10.7 Å². The molecule has 0 saturated heterocycles. The number of nitrogens with one attached hydrogen (secondary N) is 2. The van der Waals surface area contributed by atoms with Crippen LogP contribution in [0, 0.1) is 0 Å². The third-order valence-corrected chi connectivity index (χ3v) is 5.87. The second-order valence-electron chi connectivity index (χ2n) is 8.10. The quantitative estimate of drug-likeness (QED) is 0.483. The summed E-state index contributed by atoms with van der Waals surface area (Å²) in [5.74, 6) is 0.389. The molecule has 1 aliphatic heterocycles. The van der Waals surface area contributed by atoms with Crippen LogP contribution in [0.15, 0.2) is 84.9 Å². The van der Waals surface area contributed by atoms with Crippen LogP contribution in [-0.4, -0.2) is 34.1 Å². The number of urea groups is 1. The number of para-hydroxylation sites is 2. The number of carbonyl (C=O) groups excluding carboxylic acids is 2. The van der Waals surface area contributed by atoms with Crippen molar-refractivity contribution in [3.05, 3.63) is 96.1 Å². The molecule has 0 spiro atoms. The van der Waals surface area contributed by atoms with E-state index in [1.807, 2.05) is 89.5 Å². The third kappa shape index (κ3) is 4.43. The van der Waals surface area contributed by atoms with Gasteiger partial charge in [0.25, 0.3) is 0 Å². The third-order valence-electron chi connectivity index (χ3n) is 5.87. The topological polar surface area (TPSA) is 79.3 Å². The van der Waals surface area contributed by atoms with Gasteiger partial charge in [0, 0.05) is 26.1 Å². The van der Waals surface area contributed by atoms with E-state index < -0.39 is 6.04 Å². The number of anilines is 1. The summed E-state index contributed by atoms with van der Waals surface area (Å²) >= 11 is 0. The lowest BCUT2D eigenvalue weighted by molar-refractivity contribution is -0.123. The number of hydrogen-bond donors (Lipinski definition) is 2. The number of fused-ring (bicyclic) bond motifs is 3. The Morgan fingerprint density at radius 3 is 2.27 bits per heavy atom. The van der Waals surface area contributed by atoms with E-state index >= 15 is 0 Å². The molecule has 166 valence electrons. The number of rotatable bonds is 6. The summed E-state index contributed by atoms with van der Waals surface area (Å²) in [7, 11) is 0. The maximum absolute atomic E-state index is 13.2. The lowest BCUT2D eigenvalue weighted by Crippen LogP contribution is -2.52. The summed E-state index contributed by atoms with van der Waals surface area (Å²) in [6.07, 6.45) is 0.400. The van der Waals surface area contributed by atoms with Gasteiger partial charge in [-0.15, -0.1) is 0 Å². The van der Waals surface area contributed by atoms with Gasteiger partial charge in [-0.25, -0.2) is 9.78 Å². The van der Waals surface area contributed by atoms with Crippen molar-refractivity contribution in [3.8, 4) is 0 Å². The highest BCUT2D eigenvalue weighted by Gasteiger charge is 2.31. The second-order valence-corrected chi connectivity index (χ2v) is 8.10. The van der Waals surface area contributed by atoms with Gasteiger partial charge in [-0.3, -0.25) is 9.69 Å². The molecule has 2 N–H and O–H groups in total. The van der Waals surface area contributed by atoms with Gasteiger partial charge in [-0.1, -0.05) is 72.8 Å². The van der Waals surface area contributed by atoms with Gasteiger partial charge in [-0.05, 0) is 23.3 Å². The fourth-order valence-electron chi connectivity index (χ4n) is 4.18. The number of imidazole rings is 1.